The lowest BCUT2D eigenvalue weighted by Gasteiger charge is -2.13. The number of nitrogens with one attached hydrogen (secondary N) is 1. The molecular weight excluding hydrogens is 322 g/mol. The number of rotatable bonds is 7. The molecular formula is C16H18ClNO3S. The first-order valence-corrected chi connectivity index (χ1v) is 8.18. The summed E-state index contributed by atoms with van der Waals surface area (Å²) in [4.78, 5) is 12.9. The Morgan fingerprint density at radius 2 is 1.82 bits per heavy atom. The molecule has 0 radical (unpaired) electrons. The van der Waals surface area contributed by atoms with E-state index < -0.39 is 0 Å². The average molecular weight is 340 g/mol. The van der Waals surface area contributed by atoms with E-state index in [2.05, 4.69) is 5.32 Å². The highest BCUT2D eigenvalue weighted by Gasteiger charge is 2.12. The molecule has 0 spiro atoms. The number of thiophene rings is 1. The van der Waals surface area contributed by atoms with Gasteiger partial charge in [-0.3, -0.25) is 4.79 Å². The maximum atomic E-state index is 11.9. The van der Waals surface area contributed by atoms with Gasteiger partial charge in [-0.1, -0.05) is 11.6 Å². The molecule has 22 heavy (non-hydrogen) atoms. The quantitative estimate of drug-likeness (QED) is 0.827. The second-order valence-corrected chi connectivity index (χ2v) is 6.37. The van der Waals surface area contributed by atoms with E-state index in [0.29, 0.717) is 16.7 Å². The average Bonchev–Trinajstić information content (AvgIpc) is 2.93. The van der Waals surface area contributed by atoms with Gasteiger partial charge in [0.1, 0.15) is 11.5 Å². The summed E-state index contributed by atoms with van der Waals surface area (Å²) in [6.07, 6.45) is 0. The topological polar surface area (TPSA) is 47.6 Å². The zero-order chi connectivity index (χ0) is 15.9. The van der Waals surface area contributed by atoms with Gasteiger partial charge < -0.3 is 14.8 Å². The summed E-state index contributed by atoms with van der Waals surface area (Å²) in [6, 6.07) is 10.8. The highest BCUT2D eigenvalue weighted by molar-refractivity contribution is 7.16. The van der Waals surface area contributed by atoms with E-state index in [1.54, 1.807) is 12.1 Å². The zero-order valence-electron chi connectivity index (χ0n) is 12.5. The molecule has 0 saturated carbocycles. The van der Waals surface area contributed by atoms with Gasteiger partial charge in [0, 0.05) is 4.88 Å². The molecule has 1 heterocycles. The summed E-state index contributed by atoms with van der Waals surface area (Å²) < 4.78 is 11.5. The third-order valence-electron chi connectivity index (χ3n) is 2.90. The first kappa shape index (κ1) is 16.6. The number of carbonyl (C=O) groups excluding carboxylic acids is 1. The van der Waals surface area contributed by atoms with Crippen LogP contribution in [0.4, 0.5) is 0 Å². The Morgan fingerprint density at radius 1 is 1.18 bits per heavy atom. The maximum Gasteiger partial charge on any atom is 0.258 e. The van der Waals surface area contributed by atoms with E-state index in [1.165, 1.54) is 11.3 Å². The van der Waals surface area contributed by atoms with Crippen LogP contribution in [0.2, 0.25) is 4.34 Å². The van der Waals surface area contributed by atoms with Gasteiger partial charge in [0.2, 0.25) is 0 Å². The molecule has 0 saturated heterocycles. The molecule has 1 amide bonds. The standard InChI is InChI=1S/C16H18ClNO3S/c1-3-20-12-4-6-13(7-5-12)21-10-16(19)18-11(2)14-8-9-15(17)22-14/h4-9,11H,3,10H2,1-2H3,(H,18,19). The Kier molecular flexibility index (Phi) is 6.10. The van der Waals surface area contributed by atoms with Crippen molar-refractivity contribution >= 4 is 28.8 Å². The predicted octanol–water partition coefficient (Wildman–Crippen LogP) is 4.06. The molecule has 1 N–H and O–H groups in total. The van der Waals surface area contributed by atoms with Crippen molar-refractivity contribution in [2.45, 2.75) is 19.9 Å². The van der Waals surface area contributed by atoms with Crippen LogP contribution in [0.5, 0.6) is 11.5 Å². The number of halogens is 1. The monoisotopic (exact) mass is 339 g/mol. The molecule has 1 atom stereocenters. The van der Waals surface area contributed by atoms with Crippen molar-refractivity contribution in [3.63, 3.8) is 0 Å². The second-order valence-electron chi connectivity index (χ2n) is 4.62. The van der Waals surface area contributed by atoms with Crippen molar-refractivity contribution in [3.8, 4) is 11.5 Å². The van der Waals surface area contributed by atoms with E-state index in [9.17, 15) is 4.79 Å². The third kappa shape index (κ3) is 4.93. The lowest BCUT2D eigenvalue weighted by Crippen LogP contribution is -2.30. The minimum absolute atomic E-state index is 0.0303. The fraction of sp³-hybridized carbons (Fsp3) is 0.312. The summed E-state index contributed by atoms with van der Waals surface area (Å²) in [5.74, 6) is 1.24. The fourth-order valence-electron chi connectivity index (χ4n) is 1.86. The molecule has 4 nitrogen and oxygen atoms in total. The zero-order valence-corrected chi connectivity index (χ0v) is 14.0. The van der Waals surface area contributed by atoms with Crippen LogP contribution in [0.15, 0.2) is 36.4 Å². The van der Waals surface area contributed by atoms with Crippen molar-refractivity contribution in [2.24, 2.45) is 0 Å². The Hall–Kier alpha value is -1.72. The van der Waals surface area contributed by atoms with Gasteiger partial charge in [-0.15, -0.1) is 11.3 Å². The van der Waals surface area contributed by atoms with E-state index in [-0.39, 0.29) is 18.6 Å². The minimum atomic E-state index is -0.175. The number of ether oxygens (including phenoxy) is 2. The van der Waals surface area contributed by atoms with Crippen LogP contribution in [0.25, 0.3) is 0 Å². The van der Waals surface area contributed by atoms with Crippen LogP contribution in [-0.2, 0) is 4.79 Å². The highest BCUT2D eigenvalue weighted by atomic mass is 35.5. The molecule has 1 aromatic carbocycles. The summed E-state index contributed by atoms with van der Waals surface area (Å²) >= 11 is 7.34. The molecule has 0 fully saturated rings. The van der Waals surface area contributed by atoms with Crippen molar-refractivity contribution in [1.29, 1.82) is 0 Å². The molecule has 2 rings (SSSR count). The molecule has 118 valence electrons. The van der Waals surface area contributed by atoms with Gasteiger partial charge in [0.25, 0.3) is 5.91 Å². The van der Waals surface area contributed by atoms with Crippen molar-refractivity contribution in [1.82, 2.24) is 5.32 Å². The fourth-order valence-corrected chi connectivity index (χ4v) is 2.93. The summed E-state index contributed by atoms with van der Waals surface area (Å²) in [5, 5.41) is 2.87. The molecule has 1 aromatic heterocycles. The summed E-state index contributed by atoms with van der Waals surface area (Å²) in [6.45, 7) is 4.43. The minimum Gasteiger partial charge on any atom is -0.494 e. The van der Waals surface area contributed by atoms with Crippen LogP contribution in [0, 0.1) is 0 Å². The number of hydrogen-bond donors (Lipinski definition) is 1. The smallest absolute Gasteiger partial charge is 0.258 e. The number of benzene rings is 1. The first-order valence-electron chi connectivity index (χ1n) is 6.98. The van der Waals surface area contributed by atoms with Crippen LogP contribution in [-0.4, -0.2) is 19.1 Å². The van der Waals surface area contributed by atoms with E-state index in [1.807, 2.05) is 38.1 Å². The molecule has 2 aromatic rings. The highest BCUT2D eigenvalue weighted by Crippen LogP contribution is 2.26. The van der Waals surface area contributed by atoms with E-state index in [0.717, 1.165) is 10.6 Å². The van der Waals surface area contributed by atoms with Crippen LogP contribution < -0.4 is 14.8 Å². The van der Waals surface area contributed by atoms with Gasteiger partial charge in [-0.2, -0.15) is 0 Å². The Labute approximate surface area is 139 Å². The summed E-state index contributed by atoms with van der Waals surface area (Å²) in [5.41, 5.74) is 0. The number of carbonyl (C=O) groups is 1. The third-order valence-corrected chi connectivity index (χ3v) is 4.32. The second kappa shape index (κ2) is 8.06. The van der Waals surface area contributed by atoms with E-state index >= 15 is 0 Å². The lowest BCUT2D eigenvalue weighted by atomic mass is 10.3. The number of hydrogen-bond acceptors (Lipinski definition) is 4. The predicted molar refractivity (Wildman–Crippen MR) is 89.0 cm³/mol. The van der Waals surface area contributed by atoms with E-state index in [4.69, 9.17) is 21.1 Å². The van der Waals surface area contributed by atoms with Crippen LogP contribution >= 0.6 is 22.9 Å². The Bertz CT molecular complexity index is 612. The van der Waals surface area contributed by atoms with Gasteiger partial charge in [0.05, 0.1) is 17.0 Å². The van der Waals surface area contributed by atoms with Gasteiger partial charge in [-0.05, 0) is 50.2 Å². The van der Waals surface area contributed by atoms with Gasteiger partial charge in [-0.25, -0.2) is 0 Å². The largest absolute Gasteiger partial charge is 0.494 e. The molecule has 1 unspecified atom stereocenters. The van der Waals surface area contributed by atoms with Crippen LogP contribution in [0.1, 0.15) is 24.8 Å². The van der Waals surface area contributed by atoms with Crippen molar-refractivity contribution in [2.75, 3.05) is 13.2 Å². The van der Waals surface area contributed by atoms with Crippen molar-refractivity contribution < 1.29 is 14.3 Å². The van der Waals surface area contributed by atoms with Crippen LogP contribution in [0.3, 0.4) is 0 Å². The first-order chi connectivity index (χ1) is 10.6. The SMILES string of the molecule is CCOc1ccc(OCC(=O)NC(C)c2ccc(Cl)s2)cc1. The molecule has 6 heteroatoms. The van der Waals surface area contributed by atoms with Gasteiger partial charge >= 0.3 is 0 Å². The molecule has 0 bridgehead atoms. The Balaban J connectivity index is 1.79. The lowest BCUT2D eigenvalue weighted by molar-refractivity contribution is -0.123. The maximum absolute atomic E-state index is 11.9. The molecule has 0 aliphatic carbocycles. The summed E-state index contributed by atoms with van der Waals surface area (Å²) in [7, 11) is 0. The van der Waals surface area contributed by atoms with Crippen molar-refractivity contribution in [3.05, 3.63) is 45.6 Å². The van der Waals surface area contributed by atoms with Gasteiger partial charge in [0.15, 0.2) is 6.61 Å². The Morgan fingerprint density at radius 3 is 2.36 bits per heavy atom. The normalized spacial score (nSPS) is 11.8. The molecule has 0 aliphatic rings. The number of amides is 1. The molecule has 0 aliphatic heterocycles.